The summed E-state index contributed by atoms with van der Waals surface area (Å²) in [6.45, 7) is 0. The lowest BCUT2D eigenvalue weighted by atomic mass is 10.1. The molecule has 2 unspecified atom stereocenters. The predicted octanol–water partition coefficient (Wildman–Crippen LogP) is 1.07. The number of hydrogen-bond donors (Lipinski definition) is 2. The van der Waals surface area contributed by atoms with Crippen molar-refractivity contribution in [1.82, 2.24) is 0 Å². The minimum Gasteiger partial charge on any atom is -0.382 e. The number of alkyl halides is 3. The maximum absolute atomic E-state index is 11.8. The van der Waals surface area contributed by atoms with Crippen LogP contribution < -0.4 is 5.73 Å². The van der Waals surface area contributed by atoms with E-state index in [9.17, 15) is 13.2 Å². The Morgan fingerprint density at radius 3 is 2.00 bits per heavy atom. The van der Waals surface area contributed by atoms with Crippen LogP contribution in [0.15, 0.2) is 0 Å². The van der Waals surface area contributed by atoms with E-state index in [0.717, 1.165) is 0 Å². The molecule has 0 radical (unpaired) electrons. The average molecular weight is 206 g/mol. The van der Waals surface area contributed by atoms with Crippen LogP contribution in [0.4, 0.5) is 13.2 Å². The van der Waals surface area contributed by atoms with Crippen molar-refractivity contribution in [2.45, 2.75) is 31.2 Å². The van der Waals surface area contributed by atoms with Gasteiger partial charge in [0.25, 0.3) is 0 Å². The van der Waals surface area contributed by atoms with Gasteiger partial charge in [0.1, 0.15) is 0 Å². The van der Waals surface area contributed by atoms with E-state index in [1.165, 1.54) is 0 Å². The molecule has 0 aromatic heterocycles. The van der Waals surface area contributed by atoms with Crippen molar-refractivity contribution >= 4 is 12.4 Å². The summed E-state index contributed by atoms with van der Waals surface area (Å²) in [7, 11) is 0. The maximum Gasteiger partial charge on any atom is 0.415 e. The van der Waals surface area contributed by atoms with Gasteiger partial charge in [0.05, 0.1) is 0 Å². The second kappa shape index (κ2) is 3.81. The van der Waals surface area contributed by atoms with Crippen molar-refractivity contribution < 1.29 is 18.3 Å². The Kier molecular flexibility index (Phi) is 3.81. The van der Waals surface area contributed by atoms with E-state index in [4.69, 9.17) is 10.8 Å². The van der Waals surface area contributed by atoms with Crippen LogP contribution in [0, 0.1) is 5.92 Å². The largest absolute Gasteiger partial charge is 0.415 e. The van der Waals surface area contributed by atoms with Crippen LogP contribution in [0.25, 0.3) is 0 Å². The van der Waals surface area contributed by atoms with Crippen molar-refractivity contribution in [2.24, 2.45) is 11.7 Å². The highest BCUT2D eigenvalue weighted by atomic mass is 35.5. The Hall–Kier alpha value is -0.0000000000000000555. The van der Waals surface area contributed by atoms with E-state index >= 15 is 0 Å². The van der Waals surface area contributed by atoms with Gasteiger partial charge in [-0.15, -0.1) is 12.4 Å². The first-order valence-electron chi connectivity index (χ1n) is 3.43. The normalized spacial score (nSPS) is 22.8. The van der Waals surface area contributed by atoms with Crippen LogP contribution in [0.3, 0.4) is 0 Å². The molecule has 0 heterocycles. The van der Waals surface area contributed by atoms with E-state index in [0.29, 0.717) is 12.8 Å². The lowest BCUT2D eigenvalue weighted by Gasteiger charge is -2.20. The van der Waals surface area contributed by atoms with Gasteiger partial charge in [-0.25, -0.2) is 0 Å². The van der Waals surface area contributed by atoms with Crippen LogP contribution in [0.1, 0.15) is 12.8 Å². The van der Waals surface area contributed by atoms with Gasteiger partial charge in [-0.05, 0) is 18.8 Å². The Morgan fingerprint density at radius 2 is 1.75 bits per heavy atom. The summed E-state index contributed by atoms with van der Waals surface area (Å²) < 4.78 is 35.3. The summed E-state index contributed by atoms with van der Waals surface area (Å²) in [6, 6.07) is -1.13. The number of aliphatic hydroxyl groups excluding tert-OH is 1. The van der Waals surface area contributed by atoms with E-state index in [1.807, 2.05) is 0 Å². The molecule has 0 saturated heterocycles. The number of hydrogen-bond acceptors (Lipinski definition) is 2. The SMILES string of the molecule is Cl.NC(C1CC1)C(O)C(F)(F)F. The van der Waals surface area contributed by atoms with Gasteiger partial charge in [-0.3, -0.25) is 0 Å². The molecular weight excluding hydrogens is 195 g/mol. The molecule has 0 aromatic rings. The Bertz CT molecular complexity index is 148. The Morgan fingerprint density at radius 1 is 1.33 bits per heavy atom. The van der Waals surface area contributed by atoms with E-state index in [1.54, 1.807) is 0 Å². The van der Waals surface area contributed by atoms with Crippen molar-refractivity contribution in [2.75, 3.05) is 0 Å². The minimum absolute atomic E-state index is 0. The zero-order valence-corrected chi connectivity index (χ0v) is 7.03. The zero-order valence-electron chi connectivity index (χ0n) is 6.21. The zero-order chi connectivity index (χ0) is 8.65. The highest BCUT2D eigenvalue weighted by Gasteiger charge is 2.47. The number of aliphatic hydroxyl groups is 1. The second-order valence-corrected chi connectivity index (χ2v) is 2.90. The summed E-state index contributed by atoms with van der Waals surface area (Å²) in [5, 5.41) is 8.61. The molecule has 0 amide bonds. The number of rotatable bonds is 2. The van der Waals surface area contributed by atoms with Gasteiger partial charge in [-0.2, -0.15) is 13.2 Å². The molecule has 1 saturated carbocycles. The van der Waals surface area contributed by atoms with Crippen LogP contribution in [-0.4, -0.2) is 23.4 Å². The molecule has 0 bridgehead atoms. The van der Waals surface area contributed by atoms with Gasteiger partial charge >= 0.3 is 6.18 Å². The molecule has 6 heteroatoms. The molecular formula is C6H11ClF3NO. The summed E-state index contributed by atoms with van der Waals surface area (Å²) in [4.78, 5) is 0. The van der Waals surface area contributed by atoms with Crippen molar-refractivity contribution in [3.05, 3.63) is 0 Å². The first-order valence-corrected chi connectivity index (χ1v) is 3.43. The smallest absolute Gasteiger partial charge is 0.382 e. The fourth-order valence-electron chi connectivity index (χ4n) is 0.957. The van der Waals surface area contributed by atoms with Crippen LogP contribution >= 0.6 is 12.4 Å². The number of halogens is 4. The highest BCUT2D eigenvalue weighted by molar-refractivity contribution is 5.85. The molecule has 12 heavy (non-hydrogen) atoms. The Labute approximate surface area is 74.3 Å². The topological polar surface area (TPSA) is 46.2 Å². The van der Waals surface area contributed by atoms with Gasteiger partial charge in [0.2, 0.25) is 0 Å². The van der Waals surface area contributed by atoms with Crippen LogP contribution in [0.2, 0.25) is 0 Å². The minimum atomic E-state index is -4.57. The fourth-order valence-corrected chi connectivity index (χ4v) is 0.957. The quantitative estimate of drug-likeness (QED) is 0.709. The van der Waals surface area contributed by atoms with Gasteiger partial charge in [-0.1, -0.05) is 0 Å². The second-order valence-electron chi connectivity index (χ2n) is 2.90. The van der Waals surface area contributed by atoms with E-state index in [-0.39, 0.29) is 18.3 Å². The van der Waals surface area contributed by atoms with Crippen molar-refractivity contribution in [3.8, 4) is 0 Å². The molecule has 2 nitrogen and oxygen atoms in total. The van der Waals surface area contributed by atoms with Gasteiger partial charge in [0.15, 0.2) is 6.10 Å². The molecule has 0 spiro atoms. The molecule has 0 aromatic carbocycles. The number of nitrogens with two attached hydrogens (primary N) is 1. The van der Waals surface area contributed by atoms with Crippen molar-refractivity contribution in [3.63, 3.8) is 0 Å². The molecule has 3 N–H and O–H groups in total. The monoisotopic (exact) mass is 205 g/mol. The van der Waals surface area contributed by atoms with Gasteiger partial charge < -0.3 is 10.8 Å². The standard InChI is InChI=1S/C6H10F3NO.ClH/c7-6(8,9)5(11)4(10)3-1-2-3;/h3-5,11H,1-2,10H2;1H. The lowest BCUT2D eigenvalue weighted by Crippen LogP contribution is -2.46. The highest BCUT2D eigenvalue weighted by Crippen LogP contribution is 2.36. The van der Waals surface area contributed by atoms with Crippen LogP contribution in [-0.2, 0) is 0 Å². The van der Waals surface area contributed by atoms with E-state index < -0.39 is 18.3 Å². The third-order valence-electron chi connectivity index (χ3n) is 1.87. The first kappa shape index (κ1) is 12.0. The molecule has 1 aliphatic rings. The molecule has 74 valence electrons. The molecule has 1 aliphatic carbocycles. The molecule has 1 fully saturated rings. The molecule has 2 atom stereocenters. The lowest BCUT2D eigenvalue weighted by molar-refractivity contribution is -0.211. The van der Waals surface area contributed by atoms with Crippen LogP contribution in [0.5, 0.6) is 0 Å². The van der Waals surface area contributed by atoms with Gasteiger partial charge in [0, 0.05) is 6.04 Å². The first-order chi connectivity index (χ1) is 4.93. The Balaban J connectivity index is 0.00000121. The molecule has 1 rings (SSSR count). The summed E-state index contributed by atoms with van der Waals surface area (Å²) in [6.07, 6.45) is -5.51. The predicted molar refractivity (Wildman–Crippen MR) is 40.0 cm³/mol. The summed E-state index contributed by atoms with van der Waals surface area (Å²) in [5.41, 5.74) is 5.14. The third-order valence-corrected chi connectivity index (χ3v) is 1.87. The fraction of sp³-hybridized carbons (Fsp3) is 1.00. The van der Waals surface area contributed by atoms with E-state index in [2.05, 4.69) is 0 Å². The maximum atomic E-state index is 11.8. The third kappa shape index (κ3) is 2.80. The summed E-state index contributed by atoms with van der Waals surface area (Å²) in [5.74, 6) is -0.133. The average Bonchev–Trinajstić information content (AvgIpc) is 2.63. The summed E-state index contributed by atoms with van der Waals surface area (Å²) >= 11 is 0. The molecule has 0 aliphatic heterocycles. The van der Waals surface area contributed by atoms with Crippen molar-refractivity contribution in [1.29, 1.82) is 0 Å².